The van der Waals surface area contributed by atoms with Gasteiger partial charge in [0.15, 0.2) is 0 Å². The Morgan fingerprint density at radius 3 is 3.00 bits per heavy atom. The maximum Gasteiger partial charge on any atom is 0.131 e. The number of aromatic nitrogens is 2. The van der Waals surface area contributed by atoms with Crippen LogP contribution in [0.3, 0.4) is 0 Å². The van der Waals surface area contributed by atoms with Crippen molar-refractivity contribution < 1.29 is 0 Å². The molecule has 0 amide bonds. The van der Waals surface area contributed by atoms with Crippen LogP contribution in [0.4, 0.5) is 11.6 Å². The maximum atomic E-state index is 5.44. The summed E-state index contributed by atoms with van der Waals surface area (Å²) < 4.78 is 0. The molecule has 0 aliphatic heterocycles. The second kappa shape index (κ2) is 3.75. The number of nitrogens with two attached hydrogens (primary N) is 1. The summed E-state index contributed by atoms with van der Waals surface area (Å²) in [6, 6.07) is 1.72. The van der Waals surface area contributed by atoms with E-state index in [4.69, 9.17) is 5.73 Å². The molecule has 4 nitrogen and oxygen atoms in total. The second-order valence-corrected chi connectivity index (χ2v) is 2.25. The molecule has 0 atom stereocenters. The summed E-state index contributed by atoms with van der Waals surface area (Å²) >= 11 is 0. The highest BCUT2D eigenvalue weighted by molar-refractivity contribution is 5.42. The standard InChI is InChI=1S/C7H12N4/c1-2-3-9-7-4-6(8)10-5-11-7/h4-5H,2-3H2,1H3,(H3,8,9,10,11). The first-order valence-corrected chi connectivity index (χ1v) is 3.64. The van der Waals surface area contributed by atoms with Crippen LogP contribution in [0.1, 0.15) is 13.3 Å². The Balaban J connectivity index is 2.56. The summed E-state index contributed by atoms with van der Waals surface area (Å²) in [5.41, 5.74) is 5.44. The SMILES string of the molecule is CCCNc1cc(N)ncn1. The van der Waals surface area contributed by atoms with E-state index in [1.54, 1.807) is 6.07 Å². The predicted octanol–water partition coefficient (Wildman–Crippen LogP) is 0.881. The fraction of sp³-hybridized carbons (Fsp3) is 0.429. The second-order valence-electron chi connectivity index (χ2n) is 2.25. The number of anilines is 2. The van der Waals surface area contributed by atoms with E-state index in [0.29, 0.717) is 5.82 Å². The van der Waals surface area contributed by atoms with Crippen LogP contribution in [0.25, 0.3) is 0 Å². The van der Waals surface area contributed by atoms with E-state index in [9.17, 15) is 0 Å². The number of nitrogens with zero attached hydrogens (tertiary/aromatic N) is 2. The zero-order valence-corrected chi connectivity index (χ0v) is 6.54. The monoisotopic (exact) mass is 152 g/mol. The molecular formula is C7H12N4. The number of nitrogens with one attached hydrogen (secondary N) is 1. The van der Waals surface area contributed by atoms with Gasteiger partial charge in [-0.3, -0.25) is 0 Å². The third-order valence-electron chi connectivity index (χ3n) is 1.24. The number of nitrogen functional groups attached to an aromatic ring is 1. The molecule has 1 aromatic heterocycles. The molecule has 0 aliphatic rings. The van der Waals surface area contributed by atoms with E-state index in [0.717, 1.165) is 18.8 Å². The van der Waals surface area contributed by atoms with Crippen LogP contribution in [0.2, 0.25) is 0 Å². The van der Waals surface area contributed by atoms with Crippen molar-refractivity contribution in [2.75, 3.05) is 17.6 Å². The van der Waals surface area contributed by atoms with Crippen LogP contribution in [-0.4, -0.2) is 16.5 Å². The van der Waals surface area contributed by atoms with Crippen molar-refractivity contribution in [2.45, 2.75) is 13.3 Å². The third-order valence-corrected chi connectivity index (χ3v) is 1.24. The van der Waals surface area contributed by atoms with Gasteiger partial charge in [0.05, 0.1) is 0 Å². The quantitative estimate of drug-likeness (QED) is 0.674. The molecule has 4 heteroatoms. The van der Waals surface area contributed by atoms with Gasteiger partial charge in [0.2, 0.25) is 0 Å². The van der Waals surface area contributed by atoms with Gasteiger partial charge < -0.3 is 11.1 Å². The van der Waals surface area contributed by atoms with Crippen molar-refractivity contribution in [3.05, 3.63) is 12.4 Å². The van der Waals surface area contributed by atoms with Gasteiger partial charge >= 0.3 is 0 Å². The van der Waals surface area contributed by atoms with Crippen LogP contribution in [0.15, 0.2) is 12.4 Å². The molecule has 1 aromatic rings. The van der Waals surface area contributed by atoms with Gasteiger partial charge in [0, 0.05) is 12.6 Å². The summed E-state index contributed by atoms with van der Waals surface area (Å²) in [5, 5.41) is 3.10. The lowest BCUT2D eigenvalue weighted by atomic mass is 10.4. The summed E-state index contributed by atoms with van der Waals surface area (Å²) in [4.78, 5) is 7.75. The van der Waals surface area contributed by atoms with Gasteiger partial charge in [-0.2, -0.15) is 0 Å². The molecule has 1 heterocycles. The fourth-order valence-electron chi connectivity index (χ4n) is 0.722. The Bertz CT molecular complexity index is 223. The Morgan fingerprint density at radius 2 is 2.36 bits per heavy atom. The highest BCUT2D eigenvalue weighted by Gasteiger charge is 1.91. The molecule has 11 heavy (non-hydrogen) atoms. The molecule has 0 saturated carbocycles. The van der Waals surface area contributed by atoms with Gasteiger partial charge in [-0.15, -0.1) is 0 Å². The largest absolute Gasteiger partial charge is 0.384 e. The van der Waals surface area contributed by atoms with Crippen molar-refractivity contribution in [1.29, 1.82) is 0 Å². The molecule has 0 aromatic carbocycles. The number of hydrogen-bond acceptors (Lipinski definition) is 4. The molecule has 0 fully saturated rings. The first kappa shape index (κ1) is 7.78. The van der Waals surface area contributed by atoms with Crippen molar-refractivity contribution >= 4 is 11.6 Å². The van der Waals surface area contributed by atoms with Crippen molar-refractivity contribution in [1.82, 2.24) is 9.97 Å². The first-order valence-electron chi connectivity index (χ1n) is 3.64. The summed E-state index contributed by atoms with van der Waals surface area (Å²) in [6.07, 6.45) is 2.53. The molecule has 0 spiro atoms. The molecule has 1 rings (SSSR count). The van der Waals surface area contributed by atoms with E-state index < -0.39 is 0 Å². The lowest BCUT2D eigenvalue weighted by molar-refractivity contribution is 0.965. The van der Waals surface area contributed by atoms with E-state index in [1.165, 1.54) is 6.33 Å². The van der Waals surface area contributed by atoms with E-state index in [2.05, 4.69) is 22.2 Å². The zero-order valence-electron chi connectivity index (χ0n) is 6.54. The minimum absolute atomic E-state index is 0.499. The Hall–Kier alpha value is -1.32. The Kier molecular flexibility index (Phi) is 2.66. The van der Waals surface area contributed by atoms with Crippen LogP contribution in [-0.2, 0) is 0 Å². The molecular weight excluding hydrogens is 140 g/mol. The van der Waals surface area contributed by atoms with Gasteiger partial charge in [0.25, 0.3) is 0 Å². The van der Waals surface area contributed by atoms with Crippen LogP contribution < -0.4 is 11.1 Å². The minimum atomic E-state index is 0.499. The van der Waals surface area contributed by atoms with E-state index in [1.807, 2.05) is 0 Å². The van der Waals surface area contributed by atoms with Crippen molar-refractivity contribution in [3.8, 4) is 0 Å². The highest BCUT2D eigenvalue weighted by atomic mass is 15.0. The average molecular weight is 152 g/mol. The molecule has 3 N–H and O–H groups in total. The third kappa shape index (κ3) is 2.41. The molecule has 0 saturated heterocycles. The van der Waals surface area contributed by atoms with E-state index >= 15 is 0 Å². The summed E-state index contributed by atoms with van der Waals surface area (Å²) in [7, 11) is 0. The first-order chi connectivity index (χ1) is 5.33. The lowest BCUT2D eigenvalue weighted by Gasteiger charge is -2.02. The van der Waals surface area contributed by atoms with Crippen molar-refractivity contribution in [3.63, 3.8) is 0 Å². The number of hydrogen-bond donors (Lipinski definition) is 2. The van der Waals surface area contributed by atoms with Crippen LogP contribution in [0.5, 0.6) is 0 Å². The Labute approximate surface area is 65.9 Å². The maximum absolute atomic E-state index is 5.44. The molecule has 0 bridgehead atoms. The summed E-state index contributed by atoms with van der Waals surface area (Å²) in [6.45, 7) is 3.01. The highest BCUT2D eigenvalue weighted by Crippen LogP contribution is 2.03. The van der Waals surface area contributed by atoms with Gasteiger partial charge in [0.1, 0.15) is 18.0 Å². The topological polar surface area (TPSA) is 63.8 Å². The fourth-order valence-corrected chi connectivity index (χ4v) is 0.722. The molecule has 0 radical (unpaired) electrons. The summed E-state index contributed by atoms with van der Waals surface area (Å²) in [5.74, 6) is 1.29. The molecule has 60 valence electrons. The smallest absolute Gasteiger partial charge is 0.131 e. The molecule has 0 aliphatic carbocycles. The van der Waals surface area contributed by atoms with Crippen LogP contribution in [0, 0.1) is 0 Å². The lowest BCUT2D eigenvalue weighted by Crippen LogP contribution is -2.03. The number of rotatable bonds is 3. The minimum Gasteiger partial charge on any atom is -0.384 e. The van der Waals surface area contributed by atoms with Gasteiger partial charge in [-0.05, 0) is 6.42 Å². The van der Waals surface area contributed by atoms with E-state index in [-0.39, 0.29) is 0 Å². The normalized spacial score (nSPS) is 9.55. The Morgan fingerprint density at radius 1 is 1.55 bits per heavy atom. The zero-order chi connectivity index (χ0) is 8.10. The van der Waals surface area contributed by atoms with Crippen molar-refractivity contribution in [2.24, 2.45) is 0 Å². The van der Waals surface area contributed by atoms with Gasteiger partial charge in [-0.1, -0.05) is 6.92 Å². The predicted molar refractivity (Wildman–Crippen MR) is 45.2 cm³/mol. The van der Waals surface area contributed by atoms with Crippen LogP contribution >= 0.6 is 0 Å². The average Bonchev–Trinajstić information content (AvgIpc) is 2.01. The van der Waals surface area contributed by atoms with Gasteiger partial charge in [-0.25, -0.2) is 9.97 Å². The molecule has 0 unspecified atom stereocenters.